The van der Waals surface area contributed by atoms with Gasteiger partial charge in [0.25, 0.3) is 5.91 Å². The molecule has 6 nitrogen and oxygen atoms in total. The number of carbonyl (C=O) groups excluding carboxylic acids is 1. The van der Waals surface area contributed by atoms with Crippen LogP contribution >= 0.6 is 0 Å². The number of likely N-dealkylation sites (tertiary alicyclic amines) is 1. The molecule has 4 heterocycles. The van der Waals surface area contributed by atoms with Crippen molar-refractivity contribution in [1.29, 1.82) is 0 Å². The number of imidazole rings is 1. The van der Waals surface area contributed by atoms with Gasteiger partial charge in [0.1, 0.15) is 5.65 Å². The van der Waals surface area contributed by atoms with Crippen LogP contribution in [0.25, 0.3) is 5.65 Å². The number of hydrogen-bond acceptors (Lipinski definition) is 3. The molecule has 0 aliphatic carbocycles. The van der Waals surface area contributed by atoms with Gasteiger partial charge < -0.3 is 9.30 Å². The Morgan fingerprint density at radius 2 is 2.21 bits per heavy atom. The number of hydrogen-bond donors (Lipinski definition) is 0. The Kier molecular flexibility index (Phi) is 3.59. The van der Waals surface area contributed by atoms with Gasteiger partial charge in [0.15, 0.2) is 0 Å². The molecule has 1 amide bonds. The largest absolute Gasteiger partial charge is 0.334 e. The third-order valence-electron chi connectivity index (χ3n) is 4.77. The maximum absolute atomic E-state index is 13.1. The van der Waals surface area contributed by atoms with E-state index in [1.54, 1.807) is 6.20 Å². The summed E-state index contributed by atoms with van der Waals surface area (Å²) in [4.78, 5) is 19.4. The Hall–Kier alpha value is -2.63. The van der Waals surface area contributed by atoms with Crippen LogP contribution in [0, 0.1) is 13.8 Å². The average Bonchev–Trinajstić information content (AvgIpc) is 3.27. The van der Waals surface area contributed by atoms with E-state index in [9.17, 15) is 4.79 Å². The van der Waals surface area contributed by atoms with Gasteiger partial charge in [-0.15, -0.1) is 0 Å². The van der Waals surface area contributed by atoms with E-state index in [1.165, 1.54) is 0 Å². The molecule has 1 aliphatic heterocycles. The Morgan fingerprint density at radius 1 is 1.33 bits per heavy atom. The maximum Gasteiger partial charge on any atom is 0.257 e. The number of aryl methyl sites for hydroxylation is 2. The molecule has 1 atom stereocenters. The molecule has 0 aromatic carbocycles. The lowest BCUT2D eigenvalue weighted by Gasteiger charge is -2.25. The third kappa shape index (κ3) is 2.48. The zero-order valence-electron chi connectivity index (χ0n) is 14.0. The van der Waals surface area contributed by atoms with Crippen LogP contribution in [0.4, 0.5) is 0 Å². The van der Waals surface area contributed by atoms with Crippen LogP contribution < -0.4 is 0 Å². The van der Waals surface area contributed by atoms with Crippen LogP contribution in [0.15, 0.2) is 36.8 Å². The van der Waals surface area contributed by atoms with E-state index in [1.807, 2.05) is 45.4 Å². The van der Waals surface area contributed by atoms with Crippen molar-refractivity contribution in [2.75, 3.05) is 6.54 Å². The fourth-order valence-electron chi connectivity index (χ4n) is 3.62. The smallest absolute Gasteiger partial charge is 0.257 e. The minimum Gasteiger partial charge on any atom is -0.334 e. The lowest BCUT2D eigenvalue weighted by molar-refractivity contribution is 0.0722. The van der Waals surface area contributed by atoms with E-state index in [0.29, 0.717) is 5.56 Å². The average molecular weight is 323 g/mol. The van der Waals surface area contributed by atoms with Crippen LogP contribution in [-0.4, -0.2) is 42.6 Å². The summed E-state index contributed by atoms with van der Waals surface area (Å²) in [5.41, 5.74) is 3.55. The van der Waals surface area contributed by atoms with Gasteiger partial charge in [0, 0.05) is 30.8 Å². The number of amides is 1. The first-order valence-corrected chi connectivity index (χ1v) is 8.37. The highest BCUT2D eigenvalue weighted by molar-refractivity contribution is 6.00. The zero-order valence-corrected chi connectivity index (χ0v) is 14.0. The molecule has 1 aliphatic rings. The monoisotopic (exact) mass is 323 g/mol. The van der Waals surface area contributed by atoms with Gasteiger partial charge in [-0.05, 0) is 44.9 Å². The highest BCUT2D eigenvalue weighted by Gasteiger charge is 2.31. The lowest BCUT2D eigenvalue weighted by Crippen LogP contribution is -2.38. The summed E-state index contributed by atoms with van der Waals surface area (Å²) in [5.74, 6) is 0.0656. The zero-order chi connectivity index (χ0) is 16.7. The number of fused-ring (bicyclic) bond motifs is 1. The third-order valence-corrected chi connectivity index (χ3v) is 4.77. The van der Waals surface area contributed by atoms with Gasteiger partial charge in [-0.25, -0.2) is 4.98 Å². The first-order chi connectivity index (χ1) is 11.6. The summed E-state index contributed by atoms with van der Waals surface area (Å²) < 4.78 is 3.90. The van der Waals surface area contributed by atoms with Crippen LogP contribution in [0.1, 0.15) is 34.6 Å². The van der Waals surface area contributed by atoms with Gasteiger partial charge >= 0.3 is 0 Å². The molecular weight excluding hydrogens is 302 g/mol. The Balaban J connectivity index is 1.61. The van der Waals surface area contributed by atoms with Crippen LogP contribution in [0.2, 0.25) is 0 Å². The molecule has 0 N–H and O–H groups in total. The summed E-state index contributed by atoms with van der Waals surface area (Å²) in [6, 6.07) is 6.02. The van der Waals surface area contributed by atoms with Crippen molar-refractivity contribution >= 4 is 11.6 Å². The van der Waals surface area contributed by atoms with E-state index in [0.717, 1.165) is 43.0 Å². The van der Waals surface area contributed by atoms with Crippen LogP contribution in [0.3, 0.4) is 0 Å². The van der Waals surface area contributed by atoms with Gasteiger partial charge in [-0.2, -0.15) is 5.10 Å². The van der Waals surface area contributed by atoms with Gasteiger partial charge in [-0.1, -0.05) is 0 Å². The fourth-order valence-corrected chi connectivity index (χ4v) is 3.62. The van der Waals surface area contributed by atoms with Gasteiger partial charge in [0.05, 0.1) is 23.8 Å². The number of carbonyl (C=O) groups is 1. The van der Waals surface area contributed by atoms with Gasteiger partial charge in [0.2, 0.25) is 0 Å². The summed E-state index contributed by atoms with van der Waals surface area (Å²) >= 11 is 0. The van der Waals surface area contributed by atoms with E-state index in [4.69, 9.17) is 0 Å². The fraction of sp³-hybridized carbons (Fsp3) is 0.389. The first-order valence-electron chi connectivity index (χ1n) is 8.37. The highest BCUT2D eigenvalue weighted by Crippen LogP contribution is 2.23. The summed E-state index contributed by atoms with van der Waals surface area (Å²) in [7, 11) is 0. The van der Waals surface area contributed by atoms with Crippen LogP contribution in [-0.2, 0) is 6.54 Å². The second-order valence-electron chi connectivity index (χ2n) is 6.48. The first kappa shape index (κ1) is 14.9. The van der Waals surface area contributed by atoms with Crippen molar-refractivity contribution in [1.82, 2.24) is 24.1 Å². The molecule has 0 saturated carbocycles. The van der Waals surface area contributed by atoms with E-state index in [2.05, 4.69) is 23.1 Å². The van der Waals surface area contributed by atoms with Crippen molar-refractivity contribution in [2.45, 2.75) is 39.3 Å². The quantitative estimate of drug-likeness (QED) is 0.744. The maximum atomic E-state index is 13.1. The van der Waals surface area contributed by atoms with Gasteiger partial charge in [-0.3, -0.25) is 9.48 Å². The second kappa shape index (κ2) is 5.78. The Bertz CT molecular complexity index is 894. The minimum absolute atomic E-state index is 0.0656. The second-order valence-corrected chi connectivity index (χ2v) is 6.48. The van der Waals surface area contributed by atoms with Crippen molar-refractivity contribution in [3.8, 4) is 0 Å². The number of pyridine rings is 1. The molecule has 0 bridgehead atoms. The molecular formula is C18H21N5O. The predicted molar refractivity (Wildman–Crippen MR) is 91.0 cm³/mol. The number of nitrogens with zero attached hydrogens (tertiary/aromatic N) is 5. The molecule has 124 valence electrons. The predicted octanol–water partition coefficient (Wildman–Crippen LogP) is 2.45. The molecule has 3 aromatic heterocycles. The summed E-state index contributed by atoms with van der Waals surface area (Å²) in [6.45, 7) is 5.61. The van der Waals surface area contributed by atoms with E-state index < -0.39 is 0 Å². The molecule has 24 heavy (non-hydrogen) atoms. The van der Waals surface area contributed by atoms with Crippen LogP contribution in [0.5, 0.6) is 0 Å². The molecule has 0 spiro atoms. The summed E-state index contributed by atoms with van der Waals surface area (Å²) in [6.07, 6.45) is 7.55. The SMILES string of the molecule is Cc1cc(C)n(CC2CCCN2C(=O)c2cccn3ccnc23)n1. The minimum atomic E-state index is 0.0656. The normalized spacial score (nSPS) is 17.8. The summed E-state index contributed by atoms with van der Waals surface area (Å²) in [5, 5.41) is 4.54. The molecule has 0 radical (unpaired) electrons. The Morgan fingerprint density at radius 3 is 3.00 bits per heavy atom. The van der Waals surface area contributed by atoms with Crippen molar-refractivity contribution in [2.24, 2.45) is 0 Å². The Labute approximate surface area is 140 Å². The standard InChI is InChI=1S/C18H21N5O/c1-13-11-14(2)23(20-13)12-15-5-3-9-22(15)18(24)16-6-4-8-21-10-7-19-17(16)21/h4,6-8,10-11,15H,3,5,9,12H2,1-2H3. The molecule has 6 heteroatoms. The molecule has 1 fully saturated rings. The van der Waals surface area contributed by atoms with Crippen molar-refractivity contribution in [3.05, 3.63) is 53.7 Å². The molecule has 3 aromatic rings. The topological polar surface area (TPSA) is 55.4 Å². The van der Waals surface area contributed by atoms with Crippen molar-refractivity contribution in [3.63, 3.8) is 0 Å². The molecule has 1 unspecified atom stereocenters. The van der Waals surface area contributed by atoms with E-state index in [-0.39, 0.29) is 11.9 Å². The van der Waals surface area contributed by atoms with Crippen molar-refractivity contribution < 1.29 is 4.79 Å². The highest BCUT2D eigenvalue weighted by atomic mass is 16.2. The number of rotatable bonds is 3. The molecule has 1 saturated heterocycles. The lowest BCUT2D eigenvalue weighted by atomic mass is 10.2. The number of aromatic nitrogens is 4. The van der Waals surface area contributed by atoms with E-state index >= 15 is 0 Å². The molecule has 4 rings (SSSR count).